The first kappa shape index (κ1) is 12.4. The first-order valence-corrected chi connectivity index (χ1v) is 6.41. The van der Waals surface area contributed by atoms with Gasteiger partial charge < -0.3 is 16.4 Å². The Kier molecular flexibility index (Phi) is 3.69. The number of rotatable bonds is 3. The van der Waals surface area contributed by atoms with Crippen LogP contribution in [0.4, 0.5) is 5.69 Å². The highest BCUT2D eigenvalue weighted by atomic mass is 15.1. The van der Waals surface area contributed by atoms with Crippen molar-refractivity contribution in [3.05, 3.63) is 29.8 Å². The number of nitrogens with two attached hydrogens (primary N) is 2. The molecule has 1 aromatic rings. The molecule has 0 aromatic heterocycles. The van der Waals surface area contributed by atoms with E-state index in [9.17, 15) is 0 Å². The summed E-state index contributed by atoms with van der Waals surface area (Å²) in [5.74, 6) is 0. The maximum atomic E-state index is 5.86. The van der Waals surface area contributed by atoms with Crippen molar-refractivity contribution in [2.45, 2.75) is 19.8 Å². The van der Waals surface area contributed by atoms with Gasteiger partial charge in [-0.3, -0.25) is 0 Å². The van der Waals surface area contributed by atoms with Crippen LogP contribution in [0, 0.1) is 12.3 Å². The Bertz CT molecular complexity index is 361. The van der Waals surface area contributed by atoms with Gasteiger partial charge in [0.25, 0.3) is 0 Å². The SMILES string of the molecule is Cc1ccccc1N1CCC(CN)(CN)CC1. The van der Waals surface area contributed by atoms with Gasteiger partial charge in [0, 0.05) is 18.8 Å². The van der Waals surface area contributed by atoms with Gasteiger partial charge in [0.2, 0.25) is 0 Å². The normalized spacial score (nSPS) is 19.4. The van der Waals surface area contributed by atoms with E-state index in [4.69, 9.17) is 11.5 Å². The Morgan fingerprint density at radius 1 is 1.12 bits per heavy atom. The van der Waals surface area contributed by atoms with Crippen LogP contribution in [0.2, 0.25) is 0 Å². The lowest BCUT2D eigenvalue weighted by Gasteiger charge is -2.41. The summed E-state index contributed by atoms with van der Waals surface area (Å²) in [4.78, 5) is 2.46. The van der Waals surface area contributed by atoms with Crippen LogP contribution >= 0.6 is 0 Å². The molecule has 4 N–H and O–H groups in total. The highest BCUT2D eigenvalue weighted by molar-refractivity contribution is 5.53. The number of anilines is 1. The number of aryl methyl sites for hydroxylation is 1. The quantitative estimate of drug-likeness (QED) is 0.832. The van der Waals surface area contributed by atoms with E-state index in [1.165, 1.54) is 11.3 Å². The average molecular weight is 233 g/mol. The van der Waals surface area contributed by atoms with E-state index in [2.05, 4.69) is 36.1 Å². The van der Waals surface area contributed by atoms with Crippen molar-refractivity contribution >= 4 is 5.69 Å². The highest BCUT2D eigenvalue weighted by Crippen LogP contribution is 2.32. The molecule has 0 amide bonds. The number of para-hydroxylation sites is 1. The average Bonchev–Trinajstić information content (AvgIpc) is 2.40. The van der Waals surface area contributed by atoms with Crippen LogP contribution < -0.4 is 16.4 Å². The van der Waals surface area contributed by atoms with E-state index in [0.717, 1.165) is 25.9 Å². The Balaban J connectivity index is 2.07. The molecule has 3 heteroatoms. The summed E-state index contributed by atoms with van der Waals surface area (Å²) in [5, 5.41) is 0. The fourth-order valence-electron chi connectivity index (χ4n) is 2.63. The Labute approximate surface area is 104 Å². The second kappa shape index (κ2) is 5.07. The van der Waals surface area contributed by atoms with Gasteiger partial charge in [-0.1, -0.05) is 18.2 Å². The van der Waals surface area contributed by atoms with Gasteiger partial charge in [0.15, 0.2) is 0 Å². The number of piperidine rings is 1. The lowest BCUT2D eigenvalue weighted by Crippen LogP contribution is -2.48. The molecule has 3 nitrogen and oxygen atoms in total. The molecule has 1 aliphatic rings. The van der Waals surface area contributed by atoms with E-state index < -0.39 is 0 Å². The number of hydrogen-bond acceptors (Lipinski definition) is 3. The molecule has 1 saturated heterocycles. The van der Waals surface area contributed by atoms with Gasteiger partial charge in [-0.15, -0.1) is 0 Å². The van der Waals surface area contributed by atoms with E-state index in [0.29, 0.717) is 13.1 Å². The molecule has 0 bridgehead atoms. The van der Waals surface area contributed by atoms with Crippen molar-refractivity contribution in [2.75, 3.05) is 31.1 Å². The Hall–Kier alpha value is -1.06. The van der Waals surface area contributed by atoms with Gasteiger partial charge in [-0.25, -0.2) is 0 Å². The first-order valence-electron chi connectivity index (χ1n) is 6.41. The molecule has 1 fully saturated rings. The van der Waals surface area contributed by atoms with Crippen molar-refractivity contribution in [2.24, 2.45) is 16.9 Å². The first-order chi connectivity index (χ1) is 8.21. The third-order valence-corrected chi connectivity index (χ3v) is 4.15. The van der Waals surface area contributed by atoms with Crippen molar-refractivity contribution in [1.82, 2.24) is 0 Å². The number of benzene rings is 1. The van der Waals surface area contributed by atoms with Gasteiger partial charge in [-0.05, 0) is 49.9 Å². The summed E-state index contributed by atoms with van der Waals surface area (Å²) in [6, 6.07) is 8.57. The molecule has 1 heterocycles. The molecular weight excluding hydrogens is 210 g/mol. The molecule has 17 heavy (non-hydrogen) atoms. The molecule has 0 radical (unpaired) electrons. The van der Waals surface area contributed by atoms with E-state index >= 15 is 0 Å². The molecule has 0 unspecified atom stereocenters. The summed E-state index contributed by atoms with van der Waals surface area (Å²) < 4.78 is 0. The zero-order valence-electron chi connectivity index (χ0n) is 10.7. The predicted octanol–water partition coefficient (Wildman–Crippen LogP) is 1.50. The Morgan fingerprint density at radius 2 is 1.71 bits per heavy atom. The lowest BCUT2D eigenvalue weighted by molar-refractivity contribution is 0.238. The van der Waals surface area contributed by atoms with Crippen molar-refractivity contribution in [3.8, 4) is 0 Å². The second-order valence-electron chi connectivity index (χ2n) is 5.18. The van der Waals surface area contributed by atoms with Gasteiger partial charge >= 0.3 is 0 Å². The highest BCUT2D eigenvalue weighted by Gasteiger charge is 2.32. The zero-order chi connectivity index (χ0) is 12.3. The van der Waals surface area contributed by atoms with Crippen LogP contribution in [-0.2, 0) is 0 Å². The van der Waals surface area contributed by atoms with Crippen molar-refractivity contribution < 1.29 is 0 Å². The lowest BCUT2D eigenvalue weighted by atomic mass is 9.78. The minimum absolute atomic E-state index is 0.180. The Morgan fingerprint density at radius 3 is 2.24 bits per heavy atom. The van der Waals surface area contributed by atoms with Crippen LogP contribution in [0.15, 0.2) is 24.3 Å². The summed E-state index contributed by atoms with van der Waals surface area (Å²) >= 11 is 0. The standard InChI is InChI=1S/C14H23N3/c1-12-4-2-3-5-13(12)17-8-6-14(10-15,11-16)7-9-17/h2-5H,6-11,15-16H2,1H3. The molecular formula is C14H23N3. The molecule has 0 aliphatic carbocycles. The van der Waals surface area contributed by atoms with Crippen LogP contribution in [0.5, 0.6) is 0 Å². The molecule has 0 spiro atoms. The van der Waals surface area contributed by atoms with E-state index in [1.807, 2.05) is 0 Å². The van der Waals surface area contributed by atoms with Crippen molar-refractivity contribution in [3.63, 3.8) is 0 Å². The number of hydrogen-bond donors (Lipinski definition) is 2. The third-order valence-electron chi connectivity index (χ3n) is 4.15. The summed E-state index contributed by atoms with van der Waals surface area (Å²) in [7, 11) is 0. The molecule has 1 aromatic carbocycles. The summed E-state index contributed by atoms with van der Waals surface area (Å²) in [6.45, 7) is 5.73. The molecule has 94 valence electrons. The fourth-order valence-corrected chi connectivity index (χ4v) is 2.63. The summed E-state index contributed by atoms with van der Waals surface area (Å²) in [5.41, 5.74) is 14.6. The largest absolute Gasteiger partial charge is 0.371 e. The molecule has 1 aliphatic heterocycles. The topological polar surface area (TPSA) is 55.3 Å². The maximum absolute atomic E-state index is 5.86. The maximum Gasteiger partial charge on any atom is 0.0395 e. The van der Waals surface area contributed by atoms with Gasteiger partial charge in [-0.2, -0.15) is 0 Å². The number of nitrogens with zero attached hydrogens (tertiary/aromatic N) is 1. The van der Waals surface area contributed by atoms with E-state index in [1.54, 1.807) is 0 Å². The van der Waals surface area contributed by atoms with Gasteiger partial charge in [0.1, 0.15) is 0 Å². The molecule has 0 atom stereocenters. The predicted molar refractivity (Wildman–Crippen MR) is 73.2 cm³/mol. The van der Waals surface area contributed by atoms with E-state index in [-0.39, 0.29) is 5.41 Å². The molecule has 0 saturated carbocycles. The van der Waals surface area contributed by atoms with Crippen LogP contribution in [0.3, 0.4) is 0 Å². The second-order valence-corrected chi connectivity index (χ2v) is 5.18. The third kappa shape index (κ3) is 2.45. The zero-order valence-corrected chi connectivity index (χ0v) is 10.7. The van der Waals surface area contributed by atoms with Gasteiger partial charge in [0.05, 0.1) is 0 Å². The minimum Gasteiger partial charge on any atom is -0.371 e. The monoisotopic (exact) mass is 233 g/mol. The van der Waals surface area contributed by atoms with Crippen molar-refractivity contribution in [1.29, 1.82) is 0 Å². The summed E-state index contributed by atoms with van der Waals surface area (Å²) in [6.07, 6.45) is 2.21. The fraction of sp³-hybridized carbons (Fsp3) is 0.571. The van der Waals surface area contributed by atoms with Crippen LogP contribution in [-0.4, -0.2) is 26.2 Å². The smallest absolute Gasteiger partial charge is 0.0395 e. The molecule has 2 rings (SSSR count). The van der Waals surface area contributed by atoms with Crippen LogP contribution in [0.25, 0.3) is 0 Å². The van der Waals surface area contributed by atoms with Crippen LogP contribution in [0.1, 0.15) is 18.4 Å². The minimum atomic E-state index is 0.180.